The van der Waals surface area contributed by atoms with Crippen LogP contribution in [0.1, 0.15) is 80.5 Å². The van der Waals surface area contributed by atoms with E-state index in [1.165, 1.54) is 12.1 Å². The van der Waals surface area contributed by atoms with Crippen LogP contribution >= 0.6 is 0 Å². The smallest absolute Gasteiger partial charge is 0.325 e. The van der Waals surface area contributed by atoms with Gasteiger partial charge in [-0.15, -0.1) is 0 Å². The molecule has 1 unspecified atom stereocenters. The van der Waals surface area contributed by atoms with Gasteiger partial charge in [0.1, 0.15) is 17.7 Å². The number of unbranched alkanes of at least 4 members (excludes halogenated alkanes) is 1. The van der Waals surface area contributed by atoms with Crippen molar-refractivity contribution in [3.05, 3.63) is 35.4 Å². The minimum atomic E-state index is -1.66. The highest BCUT2D eigenvalue weighted by Gasteiger charge is 2.52. The van der Waals surface area contributed by atoms with E-state index >= 15 is 0 Å². The van der Waals surface area contributed by atoms with Crippen molar-refractivity contribution < 1.29 is 23.9 Å². The number of carbonyl (C=O) groups excluding carboxylic acids is 4. The van der Waals surface area contributed by atoms with Crippen molar-refractivity contribution in [2.75, 3.05) is 13.1 Å². The van der Waals surface area contributed by atoms with Crippen molar-refractivity contribution in [3.63, 3.8) is 0 Å². The van der Waals surface area contributed by atoms with E-state index in [2.05, 4.69) is 10.3 Å². The molecule has 188 valence electrons. The van der Waals surface area contributed by atoms with E-state index in [0.717, 1.165) is 4.90 Å². The summed E-state index contributed by atoms with van der Waals surface area (Å²) in [4.78, 5) is 57.6. The van der Waals surface area contributed by atoms with E-state index in [1.807, 2.05) is 6.07 Å². The minimum absolute atomic E-state index is 0.0751. The van der Waals surface area contributed by atoms with E-state index in [9.17, 15) is 24.4 Å². The Balaban J connectivity index is 2.39. The first-order chi connectivity index (χ1) is 16.4. The lowest BCUT2D eigenvalue weighted by molar-refractivity contribution is -0.155. The van der Waals surface area contributed by atoms with Crippen LogP contribution in [0.5, 0.6) is 0 Å². The quantitative estimate of drug-likeness (QED) is 0.161. The maximum atomic E-state index is 13.6. The lowest BCUT2D eigenvalue weighted by Gasteiger charge is -2.39. The van der Waals surface area contributed by atoms with Crippen LogP contribution in [0.2, 0.25) is 0 Å². The van der Waals surface area contributed by atoms with Gasteiger partial charge in [0.25, 0.3) is 11.8 Å². The van der Waals surface area contributed by atoms with Gasteiger partial charge in [-0.3, -0.25) is 29.1 Å². The van der Waals surface area contributed by atoms with Crippen molar-refractivity contribution in [1.29, 1.82) is 5.26 Å². The Labute approximate surface area is 205 Å². The molecule has 0 aromatic heterocycles. The van der Waals surface area contributed by atoms with E-state index in [4.69, 9.17) is 10.5 Å². The Hall–Kier alpha value is -3.74. The molecule has 2 rings (SSSR count). The number of nitrogens with zero attached hydrogens (tertiary/aromatic N) is 3. The number of amidine groups is 1. The van der Waals surface area contributed by atoms with E-state index < -0.39 is 41.4 Å². The standard InChI is InChI=1S/C25H33N5O5/c1-17(27)28-15-8-7-12-25(13-9-14-26,23(34)29-16-20(31)35-24(2,3)4)30-21(32)18-10-5-6-11-19(18)22(30)33/h5-6,10-11H,7-9,12-13,15-16H2,1-4H3,(H2,27,28)(H,29,34). The van der Waals surface area contributed by atoms with Crippen molar-refractivity contribution in [1.82, 2.24) is 10.2 Å². The summed E-state index contributed by atoms with van der Waals surface area (Å²) in [5.74, 6) is -2.13. The summed E-state index contributed by atoms with van der Waals surface area (Å²) < 4.78 is 5.26. The van der Waals surface area contributed by atoms with Gasteiger partial charge in [0.15, 0.2) is 0 Å². The first-order valence-corrected chi connectivity index (χ1v) is 11.5. The van der Waals surface area contributed by atoms with Crippen LogP contribution in [0, 0.1) is 11.3 Å². The van der Waals surface area contributed by atoms with Gasteiger partial charge in [-0.05, 0) is 65.5 Å². The number of nitrogens with one attached hydrogen (secondary N) is 1. The molecule has 0 fully saturated rings. The van der Waals surface area contributed by atoms with E-state index in [-0.39, 0.29) is 30.4 Å². The number of carbonyl (C=O) groups is 4. The predicted octanol–water partition coefficient (Wildman–Crippen LogP) is 2.33. The molecule has 1 aliphatic rings. The van der Waals surface area contributed by atoms with Crippen LogP contribution in [-0.4, -0.2) is 58.7 Å². The number of hydrogen-bond acceptors (Lipinski definition) is 7. The third-order valence-corrected chi connectivity index (χ3v) is 5.47. The Morgan fingerprint density at radius 1 is 1.11 bits per heavy atom. The molecular formula is C25H33N5O5. The number of benzene rings is 1. The van der Waals surface area contributed by atoms with Gasteiger partial charge in [-0.1, -0.05) is 12.1 Å². The molecule has 1 aromatic rings. The number of aliphatic imine (C=N–C) groups is 1. The van der Waals surface area contributed by atoms with Crippen LogP contribution in [-0.2, 0) is 14.3 Å². The predicted molar refractivity (Wildman–Crippen MR) is 129 cm³/mol. The topological polar surface area (TPSA) is 155 Å². The Kier molecular flexibility index (Phi) is 9.12. The summed E-state index contributed by atoms with van der Waals surface area (Å²) in [6.07, 6.45) is 0.919. The van der Waals surface area contributed by atoms with Gasteiger partial charge in [0.2, 0.25) is 5.91 Å². The minimum Gasteiger partial charge on any atom is -0.459 e. The van der Waals surface area contributed by atoms with Gasteiger partial charge < -0.3 is 15.8 Å². The highest BCUT2D eigenvalue weighted by Crippen LogP contribution is 2.36. The second-order valence-corrected chi connectivity index (χ2v) is 9.43. The molecule has 0 radical (unpaired) electrons. The molecule has 35 heavy (non-hydrogen) atoms. The Morgan fingerprint density at radius 2 is 1.71 bits per heavy atom. The number of rotatable bonds is 11. The van der Waals surface area contributed by atoms with Gasteiger partial charge in [-0.25, -0.2) is 0 Å². The third kappa shape index (κ3) is 6.88. The number of fused-ring (bicyclic) bond motifs is 1. The maximum Gasteiger partial charge on any atom is 0.325 e. The summed E-state index contributed by atoms with van der Waals surface area (Å²) in [5.41, 5.74) is 3.57. The Bertz CT molecular complexity index is 1010. The second-order valence-electron chi connectivity index (χ2n) is 9.43. The molecule has 10 heteroatoms. The fourth-order valence-electron chi connectivity index (χ4n) is 4.00. The third-order valence-electron chi connectivity index (χ3n) is 5.47. The molecule has 0 saturated heterocycles. The van der Waals surface area contributed by atoms with Crippen molar-refractivity contribution >= 4 is 29.5 Å². The number of nitriles is 1. The molecule has 0 bridgehead atoms. The summed E-state index contributed by atoms with van der Waals surface area (Å²) in [7, 11) is 0. The Morgan fingerprint density at radius 3 is 2.23 bits per heavy atom. The molecule has 3 amide bonds. The zero-order valence-corrected chi connectivity index (χ0v) is 20.7. The molecule has 0 spiro atoms. The molecule has 1 atom stereocenters. The summed E-state index contributed by atoms with van der Waals surface area (Å²) in [6, 6.07) is 8.34. The van der Waals surface area contributed by atoms with Crippen LogP contribution in [0.3, 0.4) is 0 Å². The fraction of sp³-hybridized carbons (Fsp3) is 0.520. The van der Waals surface area contributed by atoms with Gasteiger partial charge in [0, 0.05) is 13.0 Å². The zero-order chi connectivity index (χ0) is 26.2. The van der Waals surface area contributed by atoms with E-state index in [0.29, 0.717) is 25.2 Å². The summed E-state index contributed by atoms with van der Waals surface area (Å²) in [6.45, 7) is 6.75. The van der Waals surface area contributed by atoms with Crippen LogP contribution in [0.15, 0.2) is 29.3 Å². The summed E-state index contributed by atoms with van der Waals surface area (Å²) >= 11 is 0. The summed E-state index contributed by atoms with van der Waals surface area (Å²) in [5, 5.41) is 11.8. The number of amides is 3. The largest absolute Gasteiger partial charge is 0.459 e. The molecule has 10 nitrogen and oxygen atoms in total. The number of imide groups is 1. The fourth-order valence-corrected chi connectivity index (χ4v) is 4.00. The lowest BCUT2D eigenvalue weighted by Crippen LogP contribution is -2.61. The molecule has 1 aliphatic heterocycles. The van der Waals surface area contributed by atoms with Crippen molar-refractivity contribution in [3.8, 4) is 6.07 Å². The van der Waals surface area contributed by atoms with Crippen LogP contribution in [0.25, 0.3) is 0 Å². The lowest BCUT2D eigenvalue weighted by atomic mass is 9.84. The molecule has 0 aliphatic carbocycles. The van der Waals surface area contributed by atoms with Crippen LogP contribution in [0.4, 0.5) is 0 Å². The van der Waals surface area contributed by atoms with Crippen molar-refractivity contribution in [2.24, 2.45) is 10.7 Å². The van der Waals surface area contributed by atoms with Gasteiger partial charge >= 0.3 is 5.97 Å². The zero-order valence-electron chi connectivity index (χ0n) is 20.7. The first-order valence-electron chi connectivity index (χ1n) is 11.5. The first kappa shape index (κ1) is 27.5. The highest BCUT2D eigenvalue weighted by molar-refractivity contribution is 6.23. The van der Waals surface area contributed by atoms with Gasteiger partial charge in [-0.2, -0.15) is 5.26 Å². The molecule has 1 heterocycles. The van der Waals surface area contributed by atoms with Gasteiger partial charge in [0.05, 0.1) is 23.0 Å². The molecular weight excluding hydrogens is 450 g/mol. The normalized spacial score (nSPS) is 15.3. The van der Waals surface area contributed by atoms with Crippen LogP contribution < -0.4 is 11.1 Å². The van der Waals surface area contributed by atoms with Crippen molar-refractivity contribution in [2.45, 2.75) is 70.9 Å². The number of nitrogens with two attached hydrogens (primary N) is 1. The molecule has 1 aromatic carbocycles. The monoisotopic (exact) mass is 483 g/mol. The molecule has 3 N–H and O–H groups in total. The SMILES string of the molecule is CC(N)=NCCCCC(CCC#N)(C(=O)NCC(=O)OC(C)(C)C)N1C(=O)c2ccccc2C1=O. The number of ether oxygens (including phenoxy) is 1. The second kappa shape index (κ2) is 11.6. The highest BCUT2D eigenvalue weighted by atomic mass is 16.6. The number of hydrogen-bond donors (Lipinski definition) is 2. The molecule has 0 saturated carbocycles. The van der Waals surface area contributed by atoms with E-state index in [1.54, 1.807) is 39.8 Å². The maximum absolute atomic E-state index is 13.6. The number of esters is 1. The average molecular weight is 484 g/mol. The average Bonchev–Trinajstić information content (AvgIpc) is 3.03.